The first kappa shape index (κ1) is 16.7. The molecule has 0 radical (unpaired) electrons. The zero-order valence-corrected chi connectivity index (χ0v) is 13.5. The van der Waals surface area contributed by atoms with Crippen LogP contribution in [0.25, 0.3) is 0 Å². The summed E-state index contributed by atoms with van der Waals surface area (Å²) in [6, 6.07) is -0.0532. The molecule has 0 bridgehead atoms. The Morgan fingerprint density at radius 1 is 1.18 bits per heavy atom. The topological polar surface area (TPSA) is 86.9 Å². The lowest BCUT2D eigenvalue weighted by atomic mass is 9.97. The Hall–Kier alpha value is -1.63. The van der Waals surface area contributed by atoms with Gasteiger partial charge in [-0.3, -0.25) is 14.4 Å². The van der Waals surface area contributed by atoms with Gasteiger partial charge in [-0.25, -0.2) is 0 Å². The van der Waals surface area contributed by atoms with E-state index in [4.69, 9.17) is 5.73 Å². The van der Waals surface area contributed by atoms with Crippen molar-refractivity contribution in [2.75, 3.05) is 32.7 Å². The fourth-order valence-electron chi connectivity index (χ4n) is 3.24. The van der Waals surface area contributed by atoms with E-state index < -0.39 is 11.8 Å². The van der Waals surface area contributed by atoms with Crippen LogP contribution in [0.5, 0.6) is 0 Å². The Balaban J connectivity index is 1.99. The standard InChI is InChI=1S/C15H26N4O3/c1-3-17-8-9-18(15(22)14(17)21)10-13(20)19-7-5-4-6-12(19)11(2)16/h11-12H,3-10,16H2,1-2H3. The van der Waals surface area contributed by atoms with Gasteiger partial charge in [0.15, 0.2) is 0 Å². The van der Waals surface area contributed by atoms with Crippen molar-refractivity contribution < 1.29 is 14.4 Å². The number of hydrogen-bond donors (Lipinski definition) is 1. The van der Waals surface area contributed by atoms with E-state index in [1.165, 1.54) is 9.80 Å². The van der Waals surface area contributed by atoms with Crippen LogP contribution in [0.3, 0.4) is 0 Å². The summed E-state index contributed by atoms with van der Waals surface area (Å²) in [4.78, 5) is 41.2. The smallest absolute Gasteiger partial charge is 0.312 e. The van der Waals surface area contributed by atoms with Crippen molar-refractivity contribution in [3.8, 4) is 0 Å². The molecule has 2 fully saturated rings. The summed E-state index contributed by atoms with van der Waals surface area (Å²) in [5, 5.41) is 0. The number of piperidine rings is 1. The highest BCUT2D eigenvalue weighted by molar-refractivity contribution is 6.35. The monoisotopic (exact) mass is 310 g/mol. The van der Waals surface area contributed by atoms with Gasteiger partial charge in [-0.05, 0) is 33.1 Å². The van der Waals surface area contributed by atoms with E-state index >= 15 is 0 Å². The van der Waals surface area contributed by atoms with E-state index in [0.29, 0.717) is 26.2 Å². The molecule has 2 aliphatic heterocycles. The Morgan fingerprint density at radius 2 is 1.82 bits per heavy atom. The van der Waals surface area contributed by atoms with Crippen LogP contribution < -0.4 is 5.73 Å². The largest absolute Gasteiger partial charge is 0.337 e. The molecule has 0 saturated carbocycles. The van der Waals surface area contributed by atoms with Crippen LogP contribution in [0.1, 0.15) is 33.1 Å². The SMILES string of the molecule is CCN1CCN(CC(=O)N2CCCCC2C(C)N)C(=O)C1=O. The Bertz CT molecular complexity index is 452. The van der Waals surface area contributed by atoms with Crippen molar-refractivity contribution >= 4 is 17.7 Å². The average molecular weight is 310 g/mol. The number of rotatable bonds is 4. The van der Waals surface area contributed by atoms with Crippen molar-refractivity contribution in [1.29, 1.82) is 0 Å². The Morgan fingerprint density at radius 3 is 2.45 bits per heavy atom. The van der Waals surface area contributed by atoms with Crippen LogP contribution in [-0.4, -0.2) is 77.2 Å². The predicted molar refractivity (Wildman–Crippen MR) is 81.8 cm³/mol. The molecule has 2 N–H and O–H groups in total. The van der Waals surface area contributed by atoms with E-state index in [0.717, 1.165) is 19.3 Å². The van der Waals surface area contributed by atoms with Crippen molar-refractivity contribution in [1.82, 2.24) is 14.7 Å². The van der Waals surface area contributed by atoms with Gasteiger partial charge in [0.2, 0.25) is 5.91 Å². The molecule has 0 aliphatic carbocycles. The number of likely N-dealkylation sites (tertiary alicyclic amines) is 1. The molecule has 2 heterocycles. The van der Waals surface area contributed by atoms with E-state index in [9.17, 15) is 14.4 Å². The fraction of sp³-hybridized carbons (Fsp3) is 0.800. The first-order chi connectivity index (χ1) is 10.5. The molecule has 2 rings (SSSR count). The molecule has 2 unspecified atom stereocenters. The molecule has 124 valence electrons. The Kier molecular flexibility index (Phi) is 5.39. The van der Waals surface area contributed by atoms with Gasteiger partial charge in [0, 0.05) is 38.3 Å². The highest BCUT2D eigenvalue weighted by Gasteiger charge is 2.35. The number of piperazine rings is 1. The summed E-state index contributed by atoms with van der Waals surface area (Å²) in [6.45, 7) is 5.84. The second-order valence-corrected chi connectivity index (χ2v) is 6.12. The molecule has 2 atom stereocenters. The maximum Gasteiger partial charge on any atom is 0.312 e. The molecule has 0 aromatic heterocycles. The summed E-state index contributed by atoms with van der Waals surface area (Å²) in [5.74, 6) is -1.19. The van der Waals surface area contributed by atoms with Crippen LogP contribution in [0, 0.1) is 0 Å². The van der Waals surface area contributed by atoms with E-state index in [1.807, 2.05) is 13.8 Å². The molecule has 0 aromatic rings. The molecule has 7 heteroatoms. The molecule has 22 heavy (non-hydrogen) atoms. The van der Waals surface area contributed by atoms with Crippen LogP contribution in [0.4, 0.5) is 0 Å². The van der Waals surface area contributed by atoms with E-state index in [-0.39, 0.29) is 24.5 Å². The molecule has 2 aliphatic rings. The molecule has 0 spiro atoms. The third-order valence-electron chi connectivity index (χ3n) is 4.58. The molecular formula is C15H26N4O3. The maximum absolute atomic E-state index is 12.5. The van der Waals surface area contributed by atoms with Gasteiger partial charge < -0.3 is 20.4 Å². The second kappa shape index (κ2) is 7.09. The lowest BCUT2D eigenvalue weighted by Crippen LogP contribution is -2.58. The minimum Gasteiger partial charge on any atom is -0.337 e. The second-order valence-electron chi connectivity index (χ2n) is 6.12. The van der Waals surface area contributed by atoms with Gasteiger partial charge in [-0.1, -0.05) is 0 Å². The molecule has 2 saturated heterocycles. The van der Waals surface area contributed by atoms with E-state index in [1.54, 1.807) is 4.90 Å². The van der Waals surface area contributed by atoms with Crippen molar-refractivity contribution in [3.05, 3.63) is 0 Å². The molecular weight excluding hydrogens is 284 g/mol. The normalized spacial score (nSPS) is 24.7. The lowest BCUT2D eigenvalue weighted by molar-refractivity contribution is -0.158. The maximum atomic E-state index is 12.5. The fourth-order valence-corrected chi connectivity index (χ4v) is 3.24. The van der Waals surface area contributed by atoms with Gasteiger partial charge in [-0.2, -0.15) is 0 Å². The number of nitrogens with zero attached hydrogens (tertiary/aromatic N) is 3. The van der Waals surface area contributed by atoms with E-state index in [2.05, 4.69) is 0 Å². The highest BCUT2D eigenvalue weighted by Crippen LogP contribution is 2.19. The highest BCUT2D eigenvalue weighted by atomic mass is 16.2. The van der Waals surface area contributed by atoms with Crippen LogP contribution in [-0.2, 0) is 14.4 Å². The minimum atomic E-state index is -0.573. The quantitative estimate of drug-likeness (QED) is 0.703. The number of hydrogen-bond acceptors (Lipinski definition) is 4. The third-order valence-corrected chi connectivity index (χ3v) is 4.58. The zero-order valence-electron chi connectivity index (χ0n) is 13.5. The van der Waals surface area contributed by atoms with Crippen LogP contribution in [0.15, 0.2) is 0 Å². The summed E-state index contributed by atoms with van der Waals surface area (Å²) in [7, 11) is 0. The lowest BCUT2D eigenvalue weighted by Gasteiger charge is -2.40. The number of carbonyl (C=O) groups excluding carboxylic acids is 3. The summed E-state index contributed by atoms with van der Waals surface area (Å²) in [5.41, 5.74) is 5.98. The predicted octanol–water partition coefficient (Wildman–Crippen LogP) is -0.595. The molecule has 7 nitrogen and oxygen atoms in total. The molecule has 3 amide bonds. The first-order valence-electron chi connectivity index (χ1n) is 8.09. The van der Waals surface area contributed by atoms with Gasteiger partial charge in [0.25, 0.3) is 0 Å². The number of amides is 3. The van der Waals surface area contributed by atoms with Crippen LogP contribution in [0.2, 0.25) is 0 Å². The van der Waals surface area contributed by atoms with Gasteiger partial charge in [-0.15, -0.1) is 0 Å². The van der Waals surface area contributed by atoms with Crippen LogP contribution >= 0.6 is 0 Å². The van der Waals surface area contributed by atoms with Crippen molar-refractivity contribution in [2.45, 2.75) is 45.2 Å². The summed E-state index contributed by atoms with van der Waals surface area (Å²) in [6.07, 6.45) is 2.94. The van der Waals surface area contributed by atoms with Gasteiger partial charge >= 0.3 is 11.8 Å². The number of likely N-dealkylation sites (N-methyl/N-ethyl adjacent to an activating group) is 1. The number of carbonyl (C=O) groups is 3. The average Bonchev–Trinajstić information content (AvgIpc) is 2.52. The molecule has 0 aromatic carbocycles. The third kappa shape index (κ3) is 3.40. The van der Waals surface area contributed by atoms with Crippen molar-refractivity contribution in [2.24, 2.45) is 5.73 Å². The van der Waals surface area contributed by atoms with Crippen molar-refractivity contribution in [3.63, 3.8) is 0 Å². The number of nitrogens with two attached hydrogens (primary N) is 1. The summed E-state index contributed by atoms with van der Waals surface area (Å²) >= 11 is 0. The summed E-state index contributed by atoms with van der Waals surface area (Å²) < 4.78 is 0. The van der Waals surface area contributed by atoms with Gasteiger partial charge in [0.1, 0.15) is 6.54 Å². The first-order valence-corrected chi connectivity index (χ1v) is 8.09. The Labute approximate surface area is 131 Å². The minimum absolute atomic E-state index is 0.0225. The van der Waals surface area contributed by atoms with Gasteiger partial charge in [0.05, 0.1) is 0 Å². The zero-order chi connectivity index (χ0) is 16.3.